The third kappa shape index (κ3) is 5.37. The van der Waals surface area contributed by atoms with Crippen LogP contribution in [0.1, 0.15) is 56.6 Å². The van der Waals surface area contributed by atoms with Crippen LogP contribution in [0.15, 0.2) is 12.1 Å². The highest BCUT2D eigenvalue weighted by molar-refractivity contribution is 5.84. The highest BCUT2D eigenvalue weighted by Crippen LogP contribution is 2.33. The van der Waals surface area contributed by atoms with Gasteiger partial charge >= 0.3 is 6.03 Å². The van der Waals surface area contributed by atoms with E-state index >= 15 is 0 Å². The number of hydrogen-bond donors (Lipinski definition) is 1. The van der Waals surface area contributed by atoms with E-state index in [4.69, 9.17) is 9.47 Å². The summed E-state index contributed by atoms with van der Waals surface area (Å²) in [7, 11) is 3.24. The summed E-state index contributed by atoms with van der Waals surface area (Å²) in [6.07, 6.45) is 7.24. The minimum absolute atomic E-state index is 0.0114. The second-order valence-electron chi connectivity index (χ2n) is 8.25. The Hall–Kier alpha value is -2.44. The van der Waals surface area contributed by atoms with Gasteiger partial charge in [0.1, 0.15) is 6.54 Å². The number of amides is 3. The third-order valence-corrected chi connectivity index (χ3v) is 6.11. The Morgan fingerprint density at radius 1 is 1.10 bits per heavy atom. The quantitative estimate of drug-likeness (QED) is 0.739. The predicted molar refractivity (Wildman–Crippen MR) is 116 cm³/mol. The lowest BCUT2D eigenvalue weighted by atomic mass is 9.96. The Morgan fingerprint density at radius 3 is 2.40 bits per heavy atom. The molecule has 2 aliphatic rings. The molecule has 0 saturated heterocycles. The minimum atomic E-state index is -0.110. The molecule has 1 aromatic carbocycles. The smallest absolute Gasteiger partial charge is 0.318 e. The van der Waals surface area contributed by atoms with Crippen molar-refractivity contribution in [2.75, 3.05) is 33.9 Å². The molecule has 7 heteroatoms. The van der Waals surface area contributed by atoms with Crippen LogP contribution >= 0.6 is 0 Å². The molecule has 30 heavy (non-hydrogen) atoms. The topological polar surface area (TPSA) is 71.1 Å². The molecule has 7 nitrogen and oxygen atoms in total. The van der Waals surface area contributed by atoms with Crippen LogP contribution in [0.2, 0.25) is 0 Å². The van der Waals surface area contributed by atoms with Gasteiger partial charge in [0, 0.05) is 25.7 Å². The number of hydrogen-bond acceptors (Lipinski definition) is 4. The molecule has 1 aromatic rings. The molecule has 1 fully saturated rings. The van der Waals surface area contributed by atoms with E-state index < -0.39 is 0 Å². The predicted octanol–water partition coefficient (Wildman–Crippen LogP) is 3.34. The molecule has 1 N–H and O–H groups in total. The fraction of sp³-hybridized carbons (Fsp3) is 0.652. The third-order valence-electron chi connectivity index (χ3n) is 6.11. The van der Waals surface area contributed by atoms with Crippen LogP contribution in [-0.4, -0.2) is 61.6 Å². The Labute approximate surface area is 179 Å². The maximum Gasteiger partial charge on any atom is 0.318 e. The zero-order valence-electron chi connectivity index (χ0n) is 18.5. The summed E-state index contributed by atoms with van der Waals surface area (Å²) in [5, 5.41) is 3.14. The number of fused-ring (bicyclic) bond motifs is 1. The second-order valence-corrected chi connectivity index (χ2v) is 8.25. The van der Waals surface area contributed by atoms with Crippen LogP contribution in [0.25, 0.3) is 0 Å². The zero-order chi connectivity index (χ0) is 21.5. The Morgan fingerprint density at radius 2 is 1.77 bits per heavy atom. The van der Waals surface area contributed by atoms with E-state index in [1.54, 1.807) is 19.1 Å². The number of carbonyl (C=O) groups excluding carboxylic acids is 2. The first-order chi connectivity index (χ1) is 14.5. The van der Waals surface area contributed by atoms with Crippen molar-refractivity contribution in [3.63, 3.8) is 0 Å². The fourth-order valence-electron chi connectivity index (χ4n) is 4.39. The Kier molecular flexibility index (Phi) is 7.82. The standard InChI is InChI=1S/C23H35N3O4/c1-4-11-26(23(28)24-19-8-6-5-7-9-19)16-22(27)25-12-10-17-13-20(29-2)21(30-3)14-18(17)15-25/h13-14,19H,4-12,15-16H2,1-3H3,(H,24,28). The summed E-state index contributed by atoms with van der Waals surface area (Å²) in [5.74, 6) is 1.37. The highest BCUT2D eigenvalue weighted by atomic mass is 16.5. The van der Waals surface area contributed by atoms with Crippen molar-refractivity contribution in [1.29, 1.82) is 0 Å². The van der Waals surface area contributed by atoms with Crippen LogP contribution < -0.4 is 14.8 Å². The lowest BCUT2D eigenvalue weighted by Crippen LogP contribution is -2.50. The minimum Gasteiger partial charge on any atom is -0.493 e. The van der Waals surface area contributed by atoms with E-state index in [9.17, 15) is 9.59 Å². The van der Waals surface area contributed by atoms with Gasteiger partial charge in [-0.2, -0.15) is 0 Å². The van der Waals surface area contributed by atoms with E-state index in [1.807, 2.05) is 24.0 Å². The molecule has 0 bridgehead atoms. The van der Waals surface area contributed by atoms with E-state index in [1.165, 1.54) is 24.8 Å². The lowest BCUT2D eigenvalue weighted by Gasteiger charge is -2.32. The van der Waals surface area contributed by atoms with Gasteiger partial charge in [-0.05, 0) is 48.9 Å². The van der Waals surface area contributed by atoms with Crippen LogP contribution in [0.5, 0.6) is 11.5 Å². The number of nitrogens with one attached hydrogen (secondary N) is 1. The molecule has 0 spiro atoms. The molecule has 166 valence electrons. The number of methoxy groups -OCH3 is 2. The van der Waals surface area contributed by atoms with Gasteiger partial charge in [0.2, 0.25) is 5.91 Å². The van der Waals surface area contributed by atoms with Gasteiger partial charge in [0.25, 0.3) is 0 Å². The monoisotopic (exact) mass is 417 g/mol. The summed E-state index contributed by atoms with van der Waals surface area (Å²) >= 11 is 0. The summed E-state index contributed by atoms with van der Waals surface area (Å²) in [6.45, 7) is 3.90. The number of benzene rings is 1. The largest absolute Gasteiger partial charge is 0.493 e. The van der Waals surface area contributed by atoms with Crippen molar-refractivity contribution >= 4 is 11.9 Å². The first-order valence-corrected chi connectivity index (χ1v) is 11.1. The Balaban J connectivity index is 1.62. The molecule has 3 amide bonds. The van der Waals surface area contributed by atoms with E-state index in [2.05, 4.69) is 5.32 Å². The van der Waals surface area contributed by atoms with Crippen molar-refractivity contribution in [2.45, 2.75) is 64.5 Å². The average molecular weight is 418 g/mol. The molecule has 1 aliphatic carbocycles. The van der Waals surface area contributed by atoms with Gasteiger partial charge < -0.3 is 24.6 Å². The van der Waals surface area contributed by atoms with Crippen molar-refractivity contribution in [1.82, 2.24) is 15.1 Å². The van der Waals surface area contributed by atoms with Crippen molar-refractivity contribution < 1.29 is 19.1 Å². The van der Waals surface area contributed by atoms with Gasteiger partial charge in [-0.3, -0.25) is 4.79 Å². The number of urea groups is 1. The number of carbonyl (C=O) groups is 2. The van der Waals surface area contributed by atoms with E-state index in [0.717, 1.165) is 31.2 Å². The van der Waals surface area contributed by atoms with Gasteiger partial charge in [0.15, 0.2) is 11.5 Å². The molecule has 1 saturated carbocycles. The lowest BCUT2D eigenvalue weighted by molar-refractivity contribution is -0.132. The fourth-order valence-corrected chi connectivity index (χ4v) is 4.39. The molecular formula is C23H35N3O4. The maximum absolute atomic E-state index is 13.0. The maximum atomic E-state index is 13.0. The summed E-state index contributed by atoms with van der Waals surface area (Å²) in [5.41, 5.74) is 2.25. The molecular weight excluding hydrogens is 382 g/mol. The second kappa shape index (κ2) is 10.5. The SMILES string of the molecule is CCCN(CC(=O)N1CCc2cc(OC)c(OC)cc2C1)C(=O)NC1CCCCC1. The molecule has 1 aliphatic heterocycles. The van der Waals surface area contributed by atoms with E-state index in [-0.39, 0.29) is 24.5 Å². The number of ether oxygens (including phenoxy) is 2. The van der Waals surface area contributed by atoms with Crippen LogP contribution in [-0.2, 0) is 17.8 Å². The van der Waals surface area contributed by atoms with Crippen molar-refractivity contribution in [3.05, 3.63) is 23.3 Å². The summed E-state index contributed by atoms with van der Waals surface area (Å²) in [6, 6.07) is 4.08. The Bertz CT molecular complexity index is 746. The zero-order valence-corrected chi connectivity index (χ0v) is 18.5. The summed E-state index contributed by atoms with van der Waals surface area (Å²) < 4.78 is 10.8. The molecule has 3 rings (SSSR count). The van der Waals surface area contributed by atoms with Crippen molar-refractivity contribution in [2.24, 2.45) is 0 Å². The molecule has 0 atom stereocenters. The summed E-state index contributed by atoms with van der Waals surface area (Å²) in [4.78, 5) is 29.3. The van der Waals surface area contributed by atoms with Crippen LogP contribution in [0, 0.1) is 0 Å². The first-order valence-electron chi connectivity index (χ1n) is 11.1. The van der Waals surface area contributed by atoms with Gasteiger partial charge in [-0.1, -0.05) is 26.2 Å². The first kappa shape index (κ1) is 22.2. The molecule has 0 radical (unpaired) electrons. The number of rotatable bonds is 7. The normalized spacial score (nSPS) is 16.6. The number of nitrogens with zero attached hydrogens (tertiary/aromatic N) is 2. The van der Waals surface area contributed by atoms with Crippen LogP contribution in [0.3, 0.4) is 0 Å². The molecule has 0 aromatic heterocycles. The average Bonchev–Trinajstić information content (AvgIpc) is 2.77. The molecule has 0 unspecified atom stereocenters. The van der Waals surface area contributed by atoms with Crippen molar-refractivity contribution in [3.8, 4) is 11.5 Å². The molecule has 1 heterocycles. The van der Waals surface area contributed by atoms with Gasteiger partial charge in [0.05, 0.1) is 14.2 Å². The van der Waals surface area contributed by atoms with Gasteiger partial charge in [-0.15, -0.1) is 0 Å². The van der Waals surface area contributed by atoms with Crippen LogP contribution in [0.4, 0.5) is 4.79 Å². The van der Waals surface area contributed by atoms with Gasteiger partial charge in [-0.25, -0.2) is 4.79 Å². The van der Waals surface area contributed by atoms with E-state index in [0.29, 0.717) is 31.1 Å². The highest BCUT2D eigenvalue weighted by Gasteiger charge is 2.26.